The molecule has 0 aromatic heterocycles. The Morgan fingerprint density at radius 2 is 2.11 bits per heavy atom. The first kappa shape index (κ1) is 14.8. The van der Waals surface area contributed by atoms with Crippen molar-refractivity contribution < 1.29 is 4.39 Å². The second kappa shape index (κ2) is 7.28. The lowest BCUT2D eigenvalue weighted by atomic mass is 9.95. The Balaban J connectivity index is 1.92. The second-order valence-corrected chi connectivity index (χ2v) is 6.54. The van der Waals surface area contributed by atoms with Gasteiger partial charge in [0.15, 0.2) is 0 Å². The zero-order chi connectivity index (χ0) is 13.7. The molecule has 1 aliphatic rings. The maximum atomic E-state index is 13.8. The Labute approximate surface area is 124 Å². The second-order valence-electron chi connectivity index (χ2n) is 5.63. The molecule has 2 atom stereocenters. The van der Waals surface area contributed by atoms with E-state index in [1.807, 2.05) is 12.1 Å². The molecule has 1 fully saturated rings. The molecular formula is C16H23BrFN. The van der Waals surface area contributed by atoms with Crippen LogP contribution in [0.2, 0.25) is 0 Å². The predicted octanol–water partition coefficient (Wildman–Crippen LogP) is 5.75. The highest BCUT2D eigenvalue weighted by Crippen LogP contribution is 2.29. The minimum absolute atomic E-state index is 0.163. The molecule has 1 saturated carbocycles. The van der Waals surface area contributed by atoms with Gasteiger partial charge in [-0.2, -0.15) is 0 Å². The van der Waals surface area contributed by atoms with Gasteiger partial charge in [0.1, 0.15) is 5.82 Å². The van der Waals surface area contributed by atoms with Gasteiger partial charge in [0.25, 0.3) is 0 Å². The molecule has 19 heavy (non-hydrogen) atoms. The third kappa shape index (κ3) is 4.48. The standard InChI is InChI=1S/C16H23BrFN/c1-2-4-12-5-3-6-14(9-7-12)19-16-10-8-13(17)11-15(16)18/h8,10-12,14,19H,2-7,9H2,1H3. The number of rotatable bonds is 4. The summed E-state index contributed by atoms with van der Waals surface area (Å²) in [6, 6.07) is 5.67. The zero-order valence-corrected chi connectivity index (χ0v) is 13.2. The first-order chi connectivity index (χ1) is 9.19. The monoisotopic (exact) mass is 327 g/mol. The van der Waals surface area contributed by atoms with Crippen molar-refractivity contribution in [2.24, 2.45) is 5.92 Å². The van der Waals surface area contributed by atoms with Crippen molar-refractivity contribution in [3.63, 3.8) is 0 Å². The summed E-state index contributed by atoms with van der Waals surface area (Å²) >= 11 is 3.29. The highest BCUT2D eigenvalue weighted by Gasteiger charge is 2.19. The molecule has 1 aromatic carbocycles. The van der Waals surface area contributed by atoms with Crippen LogP contribution in [0.3, 0.4) is 0 Å². The summed E-state index contributed by atoms with van der Waals surface area (Å²) in [7, 11) is 0. The first-order valence-electron chi connectivity index (χ1n) is 7.40. The molecule has 1 N–H and O–H groups in total. The Bertz CT molecular complexity index is 408. The average Bonchev–Trinajstić information content (AvgIpc) is 2.59. The van der Waals surface area contributed by atoms with Gasteiger partial charge in [-0.25, -0.2) is 4.39 Å². The lowest BCUT2D eigenvalue weighted by Gasteiger charge is -2.18. The van der Waals surface area contributed by atoms with Crippen LogP contribution in [0.4, 0.5) is 10.1 Å². The van der Waals surface area contributed by atoms with E-state index in [0.717, 1.165) is 16.8 Å². The SMILES string of the molecule is CCCC1CCCC(Nc2ccc(Br)cc2F)CC1. The third-order valence-corrected chi connectivity index (χ3v) is 4.57. The number of anilines is 1. The van der Waals surface area contributed by atoms with Crippen LogP contribution in [0, 0.1) is 11.7 Å². The number of nitrogens with one attached hydrogen (secondary N) is 1. The van der Waals surface area contributed by atoms with E-state index in [0.29, 0.717) is 11.7 Å². The van der Waals surface area contributed by atoms with Crippen molar-refractivity contribution in [2.75, 3.05) is 5.32 Å². The van der Waals surface area contributed by atoms with Gasteiger partial charge < -0.3 is 5.32 Å². The number of hydrogen-bond donors (Lipinski definition) is 1. The van der Waals surface area contributed by atoms with Crippen molar-refractivity contribution in [2.45, 2.75) is 57.9 Å². The third-order valence-electron chi connectivity index (χ3n) is 4.08. The van der Waals surface area contributed by atoms with Gasteiger partial charge >= 0.3 is 0 Å². The Hall–Kier alpha value is -0.570. The molecule has 1 aromatic rings. The molecule has 0 spiro atoms. The van der Waals surface area contributed by atoms with Crippen molar-refractivity contribution in [3.8, 4) is 0 Å². The Kier molecular flexibility index (Phi) is 5.68. The summed E-state index contributed by atoms with van der Waals surface area (Å²) in [6.45, 7) is 2.26. The van der Waals surface area contributed by atoms with E-state index in [4.69, 9.17) is 0 Å². The largest absolute Gasteiger partial charge is 0.380 e. The summed E-state index contributed by atoms with van der Waals surface area (Å²) in [5.74, 6) is 0.718. The highest BCUT2D eigenvalue weighted by atomic mass is 79.9. The summed E-state index contributed by atoms with van der Waals surface area (Å²) in [4.78, 5) is 0. The van der Waals surface area contributed by atoms with Crippen LogP contribution in [0.5, 0.6) is 0 Å². The van der Waals surface area contributed by atoms with Crippen molar-refractivity contribution in [1.29, 1.82) is 0 Å². The van der Waals surface area contributed by atoms with Crippen LogP contribution in [-0.2, 0) is 0 Å². The quantitative estimate of drug-likeness (QED) is 0.694. The molecule has 1 aliphatic carbocycles. The fraction of sp³-hybridized carbons (Fsp3) is 0.625. The predicted molar refractivity (Wildman–Crippen MR) is 83.0 cm³/mol. The van der Waals surface area contributed by atoms with Gasteiger partial charge in [-0.15, -0.1) is 0 Å². The van der Waals surface area contributed by atoms with Crippen molar-refractivity contribution in [3.05, 3.63) is 28.5 Å². The zero-order valence-electron chi connectivity index (χ0n) is 11.6. The van der Waals surface area contributed by atoms with Crippen LogP contribution >= 0.6 is 15.9 Å². The molecule has 3 heteroatoms. The molecule has 0 aliphatic heterocycles. The number of hydrogen-bond acceptors (Lipinski definition) is 1. The Morgan fingerprint density at radius 3 is 2.84 bits per heavy atom. The number of halogens is 2. The van der Waals surface area contributed by atoms with Crippen LogP contribution in [-0.4, -0.2) is 6.04 Å². The van der Waals surface area contributed by atoms with Crippen molar-refractivity contribution in [1.82, 2.24) is 0 Å². The van der Waals surface area contributed by atoms with E-state index in [9.17, 15) is 4.39 Å². The van der Waals surface area contributed by atoms with Crippen LogP contribution < -0.4 is 5.32 Å². The molecule has 0 radical (unpaired) electrons. The van der Waals surface area contributed by atoms with Gasteiger partial charge in [0.2, 0.25) is 0 Å². The fourth-order valence-electron chi connectivity index (χ4n) is 3.05. The van der Waals surface area contributed by atoms with Crippen LogP contribution in [0.15, 0.2) is 22.7 Å². The van der Waals surface area contributed by atoms with Crippen molar-refractivity contribution >= 4 is 21.6 Å². The van der Waals surface area contributed by atoms with Gasteiger partial charge in [0.05, 0.1) is 5.69 Å². The minimum atomic E-state index is -0.163. The normalized spacial score (nSPS) is 23.9. The van der Waals surface area contributed by atoms with E-state index in [2.05, 4.69) is 28.2 Å². The summed E-state index contributed by atoms with van der Waals surface area (Å²) < 4.78 is 14.6. The molecule has 0 bridgehead atoms. The molecular weight excluding hydrogens is 305 g/mol. The van der Waals surface area contributed by atoms with Gasteiger partial charge in [-0.05, 0) is 43.4 Å². The van der Waals surface area contributed by atoms with E-state index in [1.165, 1.54) is 44.6 Å². The van der Waals surface area contributed by atoms with Crippen LogP contribution in [0.1, 0.15) is 51.9 Å². The molecule has 106 valence electrons. The van der Waals surface area contributed by atoms with Gasteiger partial charge in [-0.1, -0.05) is 48.5 Å². The molecule has 1 nitrogen and oxygen atoms in total. The number of benzene rings is 1. The fourth-order valence-corrected chi connectivity index (χ4v) is 3.38. The van der Waals surface area contributed by atoms with E-state index in [1.54, 1.807) is 0 Å². The van der Waals surface area contributed by atoms with E-state index < -0.39 is 0 Å². The smallest absolute Gasteiger partial charge is 0.147 e. The minimum Gasteiger partial charge on any atom is -0.380 e. The molecule has 0 saturated heterocycles. The maximum absolute atomic E-state index is 13.8. The van der Waals surface area contributed by atoms with Crippen LogP contribution in [0.25, 0.3) is 0 Å². The molecule has 0 heterocycles. The van der Waals surface area contributed by atoms with Gasteiger partial charge in [-0.3, -0.25) is 0 Å². The summed E-state index contributed by atoms with van der Waals surface area (Å²) in [6.07, 6.45) is 8.85. The first-order valence-corrected chi connectivity index (χ1v) is 8.20. The van der Waals surface area contributed by atoms with E-state index in [-0.39, 0.29) is 5.82 Å². The topological polar surface area (TPSA) is 12.0 Å². The lowest BCUT2D eigenvalue weighted by molar-refractivity contribution is 0.422. The molecule has 2 unspecified atom stereocenters. The summed E-state index contributed by atoms with van der Waals surface area (Å²) in [5, 5.41) is 3.38. The molecule has 0 amide bonds. The van der Waals surface area contributed by atoms with E-state index >= 15 is 0 Å². The summed E-state index contributed by atoms with van der Waals surface area (Å²) in [5.41, 5.74) is 0.641. The lowest BCUT2D eigenvalue weighted by Crippen LogP contribution is -2.19. The Morgan fingerprint density at radius 1 is 1.26 bits per heavy atom. The highest BCUT2D eigenvalue weighted by molar-refractivity contribution is 9.10. The maximum Gasteiger partial charge on any atom is 0.147 e. The molecule has 2 rings (SSSR count). The average molecular weight is 328 g/mol. The van der Waals surface area contributed by atoms with Gasteiger partial charge in [0, 0.05) is 10.5 Å².